The summed E-state index contributed by atoms with van der Waals surface area (Å²) in [5.74, 6) is -0.379. The summed E-state index contributed by atoms with van der Waals surface area (Å²) >= 11 is 0. The van der Waals surface area contributed by atoms with Crippen molar-refractivity contribution in [3.05, 3.63) is 87.3 Å². The van der Waals surface area contributed by atoms with Crippen LogP contribution in [0.2, 0.25) is 0 Å². The van der Waals surface area contributed by atoms with Gasteiger partial charge in [0.25, 0.3) is 5.56 Å². The lowest BCUT2D eigenvalue weighted by atomic mass is 10.0. The van der Waals surface area contributed by atoms with Crippen LogP contribution in [0.5, 0.6) is 5.75 Å². The van der Waals surface area contributed by atoms with Gasteiger partial charge in [0, 0.05) is 18.2 Å². The van der Waals surface area contributed by atoms with E-state index in [0.29, 0.717) is 11.3 Å². The number of halogens is 1. The number of Topliss-reactive ketones (excluding diaryl/α,β-unsaturated/α-hetero) is 1. The maximum absolute atomic E-state index is 12.9. The average Bonchev–Trinajstić information content (AvgIpc) is 2.73. The summed E-state index contributed by atoms with van der Waals surface area (Å²) in [5.41, 5.74) is 2.58. The Morgan fingerprint density at radius 3 is 2.70 bits per heavy atom. The summed E-state index contributed by atoms with van der Waals surface area (Å²) in [5, 5.41) is 7.27. The second-order valence-corrected chi connectivity index (χ2v) is 6.80. The van der Waals surface area contributed by atoms with E-state index in [-0.39, 0.29) is 24.7 Å². The van der Waals surface area contributed by atoms with Crippen LogP contribution in [0.4, 0.5) is 4.39 Å². The number of nitrogens with zero attached hydrogens (tertiary/aromatic N) is 3. The van der Waals surface area contributed by atoms with E-state index in [1.165, 1.54) is 24.4 Å². The highest BCUT2D eigenvalue weighted by molar-refractivity contribution is 5.97. The Morgan fingerprint density at radius 2 is 2.03 bits per heavy atom. The molecule has 0 saturated heterocycles. The molecule has 30 heavy (non-hydrogen) atoms. The lowest BCUT2D eigenvalue weighted by Gasteiger charge is -2.10. The Kier molecular flexibility index (Phi) is 7.03. The first-order valence-corrected chi connectivity index (χ1v) is 9.60. The maximum atomic E-state index is 12.9. The van der Waals surface area contributed by atoms with Crippen molar-refractivity contribution in [2.24, 2.45) is 0 Å². The third-order valence-corrected chi connectivity index (χ3v) is 4.48. The molecule has 3 rings (SSSR count). The third-order valence-electron chi connectivity index (χ3n) is 4.48. The Bertz CT molecular complexity index is 1080. The maximum Gasteiger partial charge on any atom is 0.270 e. The molecule has 0 aliphatic heterocycles. The molecule has 0 fully saturated rings. The smallest absolute Gasteiger partial charge is 0.270 e. The first-order chi connectivity index (χ1) is 14.5. The quantitative estimate of drug-likeness (QED) is 0.546. The number of rotatable bonds is 9. The van der Waals surface area contributed by atoms with Crippen molar-refractivity contribution in [2.45, 2.75) is 33.5 Å². The number of aryl methyl sites for hydroxylation is 1. The molecule has 0 atom stereocenters. The van der Waals surface area contributed by atoms with Gasteiger partial charge < -0.3 is 10.1 Å². The zero-order valence-electron chi connectivity index (χ0n) is 16.9. The van der Waals surface area contributed by atoms with Crippen LogP contribution >= 0.6 is 0 Å². The molecule has 156 valence electrons. The normalized spacial score (nSPS) is 10.8. The van der Waals surface area contributed by atoms with Crippen molar-refractivity contribution in [3.63, 3.8) is 0 Å². The Hall–Kier alpha value is -3.39. The number of pyridine rings is 1. The molecule has 8 heteroatoms. The molecule has 1 N–H and O–H groups in total. The second-order valence-electron chi connectivity index (χ2n) is 6.80. The molecular weight excluding hydrogens is 387 g/mol. The van der Waals surface area contributed by atoms with E-state index in [9.17, 15) is 14.0 Å². The topological polar surface area (TPSA) is 86.1 Å². The van der Waals surface area contributed by atoms with Crippen molar-refractivity contribution < 1.29 is 13.9 Å². The van der Waals surface area contributed by atoms with Gasteiger partial charge in [0.05, 0.1) is 18.1 Å². The highest BCUT2D eigenvalue weighted by atomic mass is 19.1. The van der Waals surface area contributed by atoms with Gasteiger partial charge in [-0.25, -0.2) is 9.07 Å². The Balaban J connectivity index is 1.64. The molecule has 0 aliphatic carbocycles. The summed E-state index contributed by atoms with van der Waals surface area (Å²) < 4.78 is 19.4. The Morgan fingerprint density at radius 1 is 1.20 bits per heavy atom. The number of carbonyl (C=O) groups excluding carboxylic acids is 1. The number of hydrogen-bond acceptors (Lipinski definition) is 6. The van der Waals surface area contributed by atoms with E-state index in [4.69, 9.17) is 4.74 Å². The molecule has 0 spiro atoms. The second kappa shape index (κ2) is 9.89. The van der Waals surface area contributed by atoms with E-state index < -0.39 is 11.4 Å². The summed E-state index contributed by atoms with van der Waals surface area (Å²) in [7, 11) is 0. The van der Waals surface area contributed by atoms with Crippen molar-refractivity contribution >= 4 is 5.78 Å². The van der Waals surface area contributed by atoms with Gasteiger partial charge in [-0.05, 0) is 36.7 Å². The summed E-state index contributed by atoms with van der Waals surface area (Å²) in [6.45, 7) is 5.43. The summed E-state index contributed by atoms with van der Waals surface area (Å²) in [6, 6.07) is 9.68. The molecule has 2 aromatic heterocycles. The fourth-order valence-corrected chi connectivity index (χ4v) is 2.90. The predicted molar refractivity (Wildman–Crippen MR) is 110 cm³/mol. The highest BCUT2D eigenvalue weighted by Crippen LogP contribution is 2.13. The van der Waals surface area contributed by atoms with Gasteiger partial charge in [-0.15, -0.1) is 0 Å². The number of ketones is 1. The molecule has 0 unspecified atom stereocenters. The van der Waals surface area contributed by atoms with Crippen molar-refractivity contribution in [1.82, 2.24) is 20.1 Å². The first kappa shape index (κ1) is 21.3. The van der Waals surface area contributed by atoms with Gasteiger partial charge >= 0.3 is 0 Å². The van der Waals surface area contributed by atoms with Crippen LogP contribution in [-0.4, -0.2) is 27.1 Å². The molecule has 0 bridgehead atoms. The molecule has 0 amide bonds. The number of aromatic nitrogens is 3. The Labute approximate surface area is 173 Å². The predicted octanol–water partition coefficient (Wildman–Crippen LogP) is 2.66. The monoisotopic (exact) mass is 410 g/mol. The minimum atomic E-state index is -0.450. The van der Waals surface area contributed by atoms with Gasteiger partial charge in [-0.3, -0.25) is 14.6 Å². The van der Waals surface area contributed by atoms with E-state index >= 15 is 0 Å². The minimum absolute atomic E-state index is 0.0722. The molecular formula is C22H23FN4O3. The highest BCUT2D eigenvalue weighted by Gasteiger charge is 2.13. The zero-order valence-corrected chi connectivity index (χ0v) is 16.9. The molecule has 0 saturated carbocycles. The summed E-state index contributed by atoms with van der Waals surface area (Å²) in [4.78, 5) is 28.8. The van der Waals surface area contributed by atoms with Crippen molar-refractivity contribution in [1.29, 1.82) is 0 Å². The van der Waals surface area contributed by atoms with E-state index in [1.54, 1.807) is 6.07 Å². The lowest BCUT2D eigenvalue weighted by molar-refractivity contribution is 0.0964. The molecule has 2 heterocycles. The number of benzene rings is 1. The zero-order chi connectivity index (χ0) is 21.5. The van der Waals surface area contributed by atoms with Gasteiger partial charge in [-0.1, -0.05) is 25.1 Å². The van der Waals surface area contributed by atoms with Crippen LogP contribution in [-0.2, 0) is 19.7 Å². The van der Waals surface area contributed by atoms with Crippen LogP contribution in [0, 0.1) is 12.7 Å². The van der Waals surface area contributed by atoms with E-state index in [2.05, 4.69) is 15.4 Å². The molecule has 1 aromatic carbocycles. The third kappa shape index (κ3) is 5.57. The largest absolute Gasteiger partial charge is 0.485 e. The number of nitrogens with one attached hydrogen (secondary N) is 1. The molecule has 0 aliphatic rings. The van der Waals surface area contributed by atoms with Crippen LogP contribution in [0.3, 0.4) is 0 Å². The fourth-order valence-electron chi connectivity index (χ4n) is 2.90. The van der Waals surface area contributed by atoms with Crippen molar-refractivity contribution in [2.75, 3.05) is 6.54 Å². The number of carbonyl (C=O) groups is 1. The molecule has 3 aromatic rings. The van der Waals surface area contributed by atoms with Crippen LogP contribution < -0.4 is 15.6 Å². The van der Waals surface area contributed by atoms with Gasteiger partial charge in [0.2, 0.25) is 0 Å². The molecule has 7 nitrogen and oxygen atoms in total. The van der Waals surface area contributed by atoms with Crippen molar-refractivity contribution in [3.8, 4) is 5.75 Å². The molecule has 0 radical (unpaired) electrons. The van der Waals surface area contributed by atoms with E-state index in [0.717, 1.165) is 35.1 Å². The minimum Gasteiger partial charge on any atom is -0.485 e. The van der Waals surface area contributed by atoms with Crippen LogP contribution in [0.1, 0.15) is 34.1 Å². The van der Waals surface area contributed by atoms with Gasteiger partial charge in [0.15, 0.2) is 5.78 Å². The standard InChI is InChI=1S/C22H23FN4O3/c1-3-24-10-16-4-7-20(15(2)8-16)21(28)13-27-22(29)9-19(12-26-27)30-14-18-6-5-17(23)11-25-18/h4-9,11-12,24H,3,10,13-14H2,1-2H3. The fraction of sp³-hybridized carbons (Fsp3) is 0.273. The van der Waals surface area contributed by atoms with E-state index in [1.807, 2.05) is 26.0 Å². The van der Waals surface area contributed by atoms with Crippen LogP contribution in [0.25, 0.3) is 0 Å². The number of hydrogen-bond donors (Lipinski definition) is 1. The number of ether oxygens (including phenoxy) is 1. The van der Waals surface area contributed by atoms with Gasteiger partial charge in [0.1, 0.15) is 24.7 Å². The van der Waals surface area contributed by atoms with Crippen LogP contribution in [0.15, 0.2) is 53.6 Å². The average molecular weight is 410 g/mol. The summed E-state index contributed by atoms with van der Waals surface area (Å²) in [6.07, 6.45) is 2.46. The SMILES string of the molecule is CCNCc1ccc(C(=O)Cn2ncc(OCc3ccc(F)cn3)cc2=O)c(C)c1. The lowest BCUT2D eigenvalue weighted by Crippen LogP contribution is -2.26. The van der Waals surface area contributed by atoms with Gasteiger partial charge in [-0.2, -0.15) is 5.10 Å². The first-order valence-electron chi connectivity index (χ1n) is 9.60.